The molecule has 0 bridgehead atoms. The lowest BCUT2D eigenvalue weighted by atomic mass is 10.0. The Kier molecular flexibility index (Phi) is 6.42. The number of carbonyl (C=O) groups excluding carboxylic acids is 1. The number of likely N-dealkylation sites (N-methyl/N-ethyl adjacent to an activating group) is 1. The molecule has 112 valence electrons. The number of nitrogens with one attached hydrogen (secondary N) is 2. The van der Waals surface area contributed by atoms with Crippen molar-refractivity contribution in [2.45, 2.75) is 12.8 Å². The zero-order chi connectivity index (χ0) is 15.1. The Bertz CT molecular complexity index is 597. The molecule has 0 aliphatic carbocycles. The van der Waals surface area contributed by atoms with E-state index in [4.69, 9.17) is 0 Å². The summed E-state index contributed by atoms with van der Waals surface area (Å²) in [7, 11) is 1.92. The van der Waals surface area contributed by atoms with Crippen LogP contribution in [-0.2, 0) is 12.8 Å². The topological polar surface area (TPSA) is 41.1 Å². The minimum atomic E-state index is 0.0114. The molecule has 0 spiro atoms. The van der Waals surface area contributed by atoms with Gasteiger partial charge in [-0.3, -0.25) is 4.79 Å². The monoisotopic (exact) mass is 366 g/mol. The highest BCUT2D eigenvalue weighted by molar-refractivity contribution is 9.11. The lowest BCUT2D eigenvalue weighted by Gasteiger charge is -2.09. The molecular formula is C16H19BrN2OS. The minimum Gasteiger partial charge on any atom is -0.352 e. The molecule has 1 aromatic heterocycles. The van der Waals surface area contributed by atoms with Gasteiger partial charge in [-0.1, -0.05) is 18.2 Å². The molecule has 1 aromatic carbocycles. The fraction of sp³-hybridized carbons (Fsp3) is 0.312. The highest BCUT2D eigenvalue weighted by atomic mass is 79.9. The molecule has 0 aliphatic heterocycles. The van der Waals surface area contributed by atoms with Crippen molar-refractivity contribution in [1.29, 1.82) is 0 Å². The number of hydrogen-bond donors (Lipinski definition) is 2. The summed E-state index contributed by atoms with van der Waals surface area (Å²) in [6.45, 7) is 1.53. The molecule has 0 unspecified atom stereocenters. The van der Waals surface area contributed by atoms with Gasteiger partial charge in [0.1, 0.15) is 0 Å². The molecule has 2 rings (SSSR count). The molecule has 0 saturated heterocycles. The maximum Gasteiger partial charge on any atom is 0.251 e. The summed E-state index contributed by atoms with van der Waals surface area (Å²) >= 11 is 5.16. The van der Waals surface area contributed by atoms with Crippen LogP contribution in [0, 0.1) is 0 Å². The zero-order valence-electron chi connectivity index (χ0n) is 12.0. The van der Waals surface area contributed by atoms with Crippen molar-refractivity contribution in [1.82, 2.24) is 10.6 Å². The van der Waals surface area contributed by atoms with Crippen LogP contribution in [0.15, 0.2) is 40.2 Å². The fourth-order valence-electron chi connectivity index (χ4n) is 2.10. The van der Waals surface area contributed by atoms with Crippen molar-refractivity contribution in [2.24, 2.45) is 0 Å². The molecule has 21 heavy (non-hydrogen) atoms. The summed E-state index contributed by atoms with van der Waals surface area (Å²) in [5.41, 5.74) is 1.86. The predicted molar refractivity (Wildman–Crippen MR) is 92.1 cm³/mol. The highest BCUT2D eigenvalue weighted by Gasteiger charge is 2.10. The van der Waals surface area contributed by atoms with Gasteiger partial charge in [-0.15, -0.1) is 11.3 Å². The Balaban J connectivity index is 1.90. The third kappa shape index (κ3) is 4.95. The van der Waals surface area contributed by atoms with E-state index in [1.54, 1.807) is 11.3 Å². The second kappa shape index (κ2) is 8.32. The van der Waals surface area contributed by atoms with E-state index in [9.17, 15) is 4.79 Å². The first-order valence-electron chi connectivity index (χ1n) is 6.95. The SMILES string of the molecule is CNCCc1ccccc1C(=O)NCCc1ccc(Br)s1. The maximum absolute atomic E-state index is 12.3. The molecule has 5 heteroatoms. The summed E-state index contributed by atoms with van der Waals surface area (Å²) in [5.74, 6) is 0.0114. The molecule has 1 heterocycles. The van der Waals surface area contributed by atoms with E-state index in [0.29, 0.717) is 6.54 Å². The molecule has 0 atom stereocenters. The quantitative estimate of drug-likeness (QED) is 0.789. The van der Waals surface area contributed by atoms with Crippen LogP contribution in [0.3, 0.4) is 0 Å². The third-order valence-corrected chi connectivity index (χ3v) is 4.88. The largest absolute Gasteiger partial charge is 0.352 e. The third-order valence-electron chi connectivity index (χ3n) is 3.19. The van der Waals surface area contributed by atoms with Crippen LogP contribution in [-0.4, -0.2) is 26.0 Å². The van der Waals surface area contributed by atoms with Crippen molar-refractivity contribution in [2.75, 3.05) is 20.1 Å². The van der Waals surface area contributed by atoms with Crippen LogP contribution in [0.1, 0.15) is 20.8 Å². The number of hydrogen-bond acceptors (Lipinski definition) is 3. The Morgan fingerprint density at radius 3 is 2.67 bits per heavy atom. The van der Waals surface area contributed by atoms with Crippen molar-refractivity contribution in [3.05, 3.63) is 56.2 Å². The summed E-state index contributed by atoms with van der Waals surface area (Å²) < 4.78 is 1.13. The van der Waals surface area contributed by atoms with Gasteiger partial charge in [0, 0.05) is 17.0 Å². The number of benzene rings is 1. The number of thiophene rings is 1. The van der Waals surface area contributed by atoms with Gasteiger partial charge in [-0.2, -0.15) is 0 Å². The molecule has 1 amide bonds. The van der Waals surface area contributed by atoms with Gasteiger partial charge in [0.2, 0.25) is 0 Å². The molecule has 0 fully saturated rings. The van der Waals surface area contributed by atoms with Crippen molar-refractivity contribution in [3.8, 4) is 0 Å². The van der Waals surface area contributed by atoms with Gasteiger partial charge >= 0.3 is 0 Å². The van der Waals surface area contributed by atoms with Crippen LogP contribution in [0.2, 0.25) is 0 Å². The van der Waals surface area contributed by atoms with Crippen molar-refractivity contribution in [3.63, 3.8) is 0 Å². The van der Waals surface area contributed by atoms with Crippen LogP contribution in [0.5, 0.6) is 0 Å². The predicted octanol–water partition coefficient (Wildman–Crippen LogP) is 3.25. The van der Waals surface area contributed by atoms with Crippen LogP contribution in [0.25, 0.3) is 0 Å². The average Bonchev–Trinajstić information content (AvgIpc) is 2.91. The van der Waals surface area contributed by atoms with E-state index in [0.717, 1.165) is 34.3 Å². The summed E-state index contributed by atoms with van der Waals surface area (Å²) in [6.07, 6.45) is 1.72. The Morgan fingerprint density at radius 2 is 1.95 bits per heavy atom. The molecular weight excluding hydrogens is 348 g/mol. The van der Waals surface area contributed by atoms with Crippen LogP contribution < -0.4 is 10.6 Å². The smallest absolute Gasteiger partial charge is 0.251 e. The van der Waals surface area contributed by atoms with Crippen molar-refractivity contribution >= 4 is 33.2 Å². The highest BCUT2D eigenvalue weighted by Crippen LogP contribution is 2.22. The minimum absolute atomic E-state index is 0.0114. The van der Waals surface area contributed by atoms with E-state index in [1.807, 2.05) is 37.4 Å². The van der Waals surface area contributed by atoms with Crippen LogP contribution >= 0.6 is 27.3 Å². The van der Waals surface area contributed by atoms with Gasteiger partial charge in [0.15, 0.2) is 0 Å². The lowest BCUT2D eigenvalue weighted by Crippen LogP contribution is -2.27. The van der Waals surface area contributed by atoms with Gasteiger partial charge in [0.25, 0.3) is 5.91 Å². The summed E-state index contributed by atoms with van der Waals surface area (Å²) in [4.78, 5) is 13.6. The number of rotatable bonds is 7. The van der Waals surface area contributed by atoms with Gasteiger partial charge in [0.05, 0.1) is 3.79 Å². The van der Waals surface area contributed by atoms with E-state index < -0.39 is 0 Å². The normalized spacial score (nSPS) is 10.6. The first kappa shape index (κ1) is 16.2. The summed E-state index contributed by atoms with van der Waals surface area (Å²) in [6, 6.07) is 11.9. The molecule has 2 aromatic rings. The number of amides is 1. The molecule has 2 N–H and O–H groups in total. The van der Waals surface area contributed by atoms with E-state index in [1.165, 1.54) is 4.88 Å². The molecule has 0 saturated carbocycles. The molecule has 3 nitrogen and oxygen atoms in total. The van der Waals surface area contributed by atoms with Crippen LogP contribution in [0.4, 0.5) is 0 Å². The molecule has 0 radical (unpaired) electrons. The molecule has 0 aliphatic rings. The first-order valence-corrected chi connectivity index (χ1v) is 8.56. The fourth-order valence-corrected chi connectivity index (χ4v) is 3.58. The van der Waals surface area contributed by atoms with Gasteiger partial charge in [-0.25, -0.2) is 0 Å². The lowest BCUT2D eigenvalue weighted by molar-refractivity contribution is 0.0953. The van der Waals surface area contributed by atoms with Gasteiger partial charge < -0.3 is 10.6 Å². The zero-order valence-corrected chi connectivity index (χ0v) is 14.4. The average molecular weight is 367 g/mol. The van der Waals surface area contributed by atoms with Gasteiger partial charge in [-0.05, 0) is 66.1 Å². The first-order chi connectivity index (χ1) is 10.2. The Hall–Kier alpha value is -1.17. The van der Waals surface area contributed by atoms with E-state index in [-0.39, 0.29) is 5.91 Å². The Morgan fingerprint density at radius 1 is 1.14 bits per heavy atom. The van der Waals surface area contributed by atoms with Crippen molar-refractivity contribution < 1.29 is 4.79 Å². The van der Waals surface area contributed by atoms with E-state index >= 15 is 0 Å². The summed E-state index contributed by atoms with van der Waals surface area (Å²) in [5, 5.41) is 6.12. The maximum atomic E-state index is 12.3. The second-order valence-corrected chi connectivity index (χ2v) is 7.27. The standard InChI is InChI=1S/C16H19BrN2OS/c1-18-10-8-12-4-2-3-5-14(12)16(20)19-11-9-13-6-7-15(17)21-13/h2-7,18H,8-11H2,1H3,(H,19,20). The van der Waals surface area contributed by atoms with E-state index in [2.05, 4.69) is 32.6 Å². The Labute approximate surface area is 137 Å². The number of halogens is 1. The second-order valence-electron chi connectivity index (χ2n) is 4.72. The number of carbonyl (C=O) groups is 1.